The Morgan fingerprint density at radius 2 is 1.96 bits per heavy atom. The van der Waals surface area contributed by atoms with E-state index in [0.29, 0.717) is 5.69 Å². The van der Waals surface area contributed by atoms with Gasteiger partial charge in [0.25, 0.3) is 5.91 Å². The molecule has 0 radical (unpaired) electrons. The first-order valence-electron chi connectivity index (χ1n) is 8.04. The molecule has 0 bridgehead atoms. The number of nitrogens with zero attached hydrogens (tertiary/aromatic N) is 1. The Morgan fingerprint density at radius 1 is 1.20 bits per heavy atom. The van der Waals surface area contributed by atoms with E-state index < -0.39 is 6.04 Å². The topological polar surface area (TPSA) is 87.2 Å². The monoisotopic (exact) mass is 335 g/mol. The first-order valence-corrected chi connectivity index (χ1v) is 8.04. The van der Waals surface area contributed by atoms with Gasteiger partial charge < -0.3 is 15.2 Å². The molecule has 126 valence electrons. The smallest absolute Gasteiger partial charge is 0.270 e. The Bertz CT molecular complexity index is 905. The highest BCUT2D eigenvalue weighted by Crippen LogP contribution is 2.37. The van der Waals surface area contributed by atoms with Crippen LogP contribution < -0.4 is 10.1 Å². The molecule has 0 aliphatic carbocycles. The summed E-state index contributed by atoms with van der Waals surface area (Å²) in [6.07, 6.45) is 0. The van der Waals surface area contributed by atoms with Crippen LogP contribution in [0, 0.1) is 0 Å². The summed E-state index contributed by atoms with van der Waals surface area (Å²) in [5, 5.41) is 19.6. The van der Waals surface area contributed by atoms with E-state index in [0.717, 1.165) is 28.1 Å². The summed E-state index contributed by atoms with van der Waals surface area (Å²) in [4.78, 5) is 12.7. The molecule has 0 fully saturated rings. The van der Waals surface area contributed by atoms with Gasteiger partial charge in [0.2, 0.25) is 0 Å². The van der Waals surface area contributed by atoms with Crippen LogP contribution in [-0.4, -0.2) is 27.8 Å². The Hall–Kier alpha value is -3.12. The Balaban J connectivity index is 1.61. The van der Waals surface area contributed by atoms with Crippen LogP contribution in [0.15, 0.2) is 54.6 Å². The normalized spacial score (nSPS) is 13.3. The summed E-state index contributed by atoms with van der Waals surface area (Å²) in [6.45, 7) is 0.0894. The van der Waals surface area contributed by atoms with Crippen molar-refractivity contribution in [1.82, 2.24) is 15.5 Å². The van der Waals surface area contributed by atoms with Crippen molar-refractivity contribution in [3.8, 4) is 17.0 Å². The van der Waals surface area contributed by atoms with E-state index in [1.807, 2.05) is 54.6 Å². The fraction of sp³-hybridized carbons (Fsp3) is 0.158. The number of aliphatic hydroxyl groups is 1. The van der Waals surface area contributed by atoms with Crippen molar-refractivity contribution in [2.45, 2.75) is 12.6 Å². The number of rotatable bonds is 4. The molecule has 1 aliphatic heterocycles. The molecule has 0 saturated heterocycles. The lowest BCUT2D eigenvalue weighted by Crippen LogP contribution is -2.31. The molecule has 0 spiro atoms. The van der Waals surface area contributed by atoms with Gasteiger partial charge in [0.15, 0.2) is 0 Å². The highest BCUT2D eigenvalue weighted by Gasteiger charge is 2.27. The summed E-state index contributed by atoms with van der Waals surface area (Å²) in [7, 11) is 0. The zero-order valence-electron chi connectivity index (χ0n) is 13.4. The predicted octanol–water partition coefficient (Wildman–Crippen LogP) is 2.43. The zero-order valence-corrected chi connectivity index (χ0v) is 13.4. The van der Waals surface area contributed by atoms with Gasteiger partial charge in [-0.05, 0) is 17.7 Å². The molecule has 2 aromatic carbocycles. The second-order valence-corrected chi connectivity index (χ2v) is 5.83. The Kier molecular flexibility index (Phi) is 3.95. The molecule has 3 aromatic rings. The SMILES string of the molecule is O=C(N[C@H](CO)c1ccccc1)c1[nH]nc2c1COc1ccccc1-2. The Labute approximate surface area is 144 Å². The molecule has 4 rings (SSSR count). The number of hydrogen-bond donors (Lipinski definition) is 3. The minimum Gasteiger partial charge on any atom is -0.488 e. The standard InChI is InChI=1S/C19H17N3O3/c23-10-15(12-6-2-1-3-7-12)20-19(24)18-14-11-25-16-9-5-4-8-13(16)17(14)21-22-18/h1-9,15,23H,10-11H2,(H,20,24)(H,21,22)/t15-/m1/s1. The van der Waals surface area contributed by atoms with Crippen LogP contribution in [0.3, 0.4) is 0 Å². The van der Waals surface area contributed by atoms with Gasteiger partial charge in [-0.2, -0.15) is 5.10 Å². The van der Waals surface area contributed by atoms with Crippen molar-refractivity contribution in [2.75, 3.05) is 6.61 Å². The van der Waals surface area contributed by atoms with Crippen LogP contribution in [0.5, 0.6) is 5.75 Å². The number of carbonyl (C=O) groups is 1. The molecule has 1 aliphatic rings. The number of benzene rings is 2. The van der Waals surface area contributed by atoms with Crippen molar-refractivity contribution >= 4 is 5.91 Å². The maximum Gasteiger partial charge on any atom is 0.270 e. The predicted molar refractivity (Wildman–Crippen MR) is 92.1 cm³/mol. The molecule has 1 amide bonds. The van der Waals surface area contributed by atoms with Crippen molar-refractivity contribution < 1.29 is 14.6 Å². The average molecular weight is 335 g/mol. The van der Waals surface area contributed by atoms with Gasteiger partial charge in [-0.25, -0.2) is 0 Å². The molecular formula is C19H17N3O3. The fourth-order valence-electron chi connectivity index (χ4n) is 3.00. The van der Waals surface area contributed by atoms with E-state index in [1.54, 1.807) is 0 Å². The number of amides is 1. The number of para-hydroxylation sites is 1. The molecule has 25 heavy (non-hydrogen) atoms. The second kappa shape index (κ2) is 6.41. The number of aliphatic hydroxyl groups excluding tert-OH is 1. The number of nitrogens with one attached hydrogen (secondary N) is 2. The summed E-state index contributed by atoms with van der Waals surface area (Å²) >= 11 is 0. The fourth-order valence-corrected chi connectivity index (χ4v) is 3.00. The van der Waals surface area contributed by atoms with Gasteiger partial charge in [0.05, 0.1) is 12.6 Å². The molecule has 6 nitrogen and oxygen atoms in total. The number of ether oxygens (including phenoxy) is 1. The van der Waals surface area contributed by atoms with E-state index in [9.17, 15) is 9.90 Å². The highest BCUT2D eigenvalue weighted by molar-refractivity contribution is 5.96. The van der Waals surface area contributed by atoms with Gasteiger partial charge in [0, 0.05) is 11.1 Å². The lowest BCUT2D eigenvalue weighted by molar-refractivity contribution is 0.0908. The molecule has 6 heteroatoms. The van der Waals surface area contributed by atoms with Crippen molar-refractivity contribution in [3.05, 3.63) is 71.4 Å². The van der Waals surface area contributed by atoms with Crippen molar-refractivity contribution in [3.63, 3.8) is 0 Å². The number of H-pyrrole nitrogens is 1. The first kappa shape index (κ1) is 15.4. The summed E-state index contributed by atoms with van der Waals surface area (Å²) < 4.78 is 5.73. The summed E-state index contributed by atoms with van der Waals surface area (Å²) in [6, 6.07) is 16.5. The van der Waals surface area contributed by atoms with Crippen molar-refractivity contribution in [1.29, 1.82) is 0 Å². The number of aromatic nitrogens is 2. The quantitative estimate of drug-likeness (QED) is 0.683. The number of carbonyl (C=O) groups excluding carboxylic acids is 1. The summed E-state index contributed by atoms with van der Waals surface area (Å²) in [5.74, 6) is 0.436. The molecular weight excluding hydrogens is 318 g/mol. The van der Waals surface area contributed by atoms with Gasteiger partial charge in [0.1, 0.15) is 23.7 Å². The molecule has 0 unspecified atom stereocenters. The average Bonchev–Trinajstić information content (AvgIpc) is 3.11. The molecule has 1 aromatic heterocycles. The van der Waals surface area contributed by atoms with E-state index in [4.69, 9.17) is 4.74 Å². The zero-order chi connectivity index (χ0) is 17.2. The van der Waals surface area contributed by atoms with Crippen LogP contribution in [-0.2, 0) is 6.61 Å². The largest absolute Gasteiger partial charge is 0.488 e. The van der Waals surface area contributed by atoms with E-state index in [-0.39, 0.29) is 19.1 Å². The Morgan fingerprint density at radius 3 is 2.76 bits per heavy atom. The van der Waals surface area contributed by atoms with Crippen LogP contribution in [0.2, 0.25) is 0 Å². The minimum atomic E-state index is -0.482. The lowest BCUT2D eigenvalue weighted by atomic mass is 10.0. The third-order valence-corrected chi connectivity index (χ3v) is 4.30. The van der Waals surface area contributed by atoms with Gasteiger partial charge in [-0.15, -0.1) is 0 Å². The van der Waals surface area contributed by atoms with Gasteiger partial charge >= 0.3 is 0 Å². The molecule has 2 heterocycles. The first-order chi connectivity index (χ1) is 12.3. The molecule has 1 atom stereocenters. The van der Waals surface area contributed by atoms with Crippen molar-refractivity contribution in [2.24, 2.45) is 0 Å². The molecule has 0 saturated carbocycles. The van der Waals surface area contributed by atoms with Crippen LogP contribution in [0.4, 0.5) is 0 Å². The van der Waals surface area contributed by atoms with E-state index >= 15 is 0 Å². The second-order valence-electron chi connectivity index (χ2n) is 5.83. The van der Waals surface area contributed by atoms with Gasteiger partial charge in [-0.3, -0.25) is 9.89 Å². The van der Waals surface area contributed by atoms with Crippen LogP contribution in [0.1, 0.15) is 27.7 Å². The van der Waals surface area contributed by atoms with E-state index in [2.05, 4.69) is 15.5 Å². The maximum absolute atomic E-state index is 12.7. The van der Waals surface area contributed by atoms with Gasteiger partial charge in [-0.1, -0.05) is 42.5 Å². The highest BCUT2D eigenvalue weighted by atomic mass is 16.5. The minimum absolute atomic E-state index is 0.189. The lowest BCUT2D eigenvalue weighted by Gasteiger charge is -2.19. The van der Waals surface area contributed by atoms with Crippen LogP contribution in [0.25, 0.3) is 11.3 Å². The molecule has 3 N–H and O–H groups in total. The summed E-state index contributed by atoms with van der Waals surface area (Å²) in [5.41, 5.74) is 3.52. The van der Waals surface area contributed by atoms with Crippen LogP contribution >= 0.6 is 0 Å². The third-order valence-electron chi connectivity index (χ3n) is 4.30. The number of fused-ring (bicyclic) bond motifs is 3. The van der Waals surface area contributed by atoms with E-state index in [1.165, 1.54) is 0 Å². The third kappa shape index (κ3) is 2.77. The number of hydrogen-bond acceptors (Lipinski definition) is 4. The maximum atomic E-state index is 12.7. The number of aromatic amines is 1.